The van der Waals surface area contributed by atoms with Crippen LogP contribution >= 0.6 is 0 Å². The highest BCUT2D eigenvalue weighted by atomic mass is 16.5. The van der Waals surface area contributed by atoms with Crippen LogP contribution in [-0.4, -0.2) is 39.9 Å². The van der Waals surface area contributed by atoms with Gasteiger partial charge in [0, 0.05) is 54.4 Å². The third-order valence-electron chi connectivity index (χ3n) is 5.15. The van der Waals surface area contributed by atoms with Gasteiger partial charge in [-0.25, -0.2) is 4.79 Å². The zero-order valence-corrected chi connectivity index (χ0v) is 16.3. The maximum atomic E-state index is 12.7. The topological polar surface area (TPSA) is 63.9 Å². The number of piperazine rings is 1. The first kappa shape index (κ1) is 18.4. The molecule has 1 aliphatic rings. The van der Waals surface area contributed by atoms with E-state index in [9.17, 15) is 4.79 Å². The summed E-state index contributed by atoms with van der Waals surface area (Å²) in [5, 5.41) is 4.31. The zero-order chi connectivity index (χ0) is 19.7. The van der Waals surface area contributed by atoms with E-state index in [1.807, 2.05) is 24.3 Å². The van der Waals surface area contributed by atoms with E-state index >= 15 is 0 Å². The summed E-state index contributed by atoms with van der Waals surface area (Å²) in [6, 6.07) is 13.7. The summed E-state index contributed by atoms with van der Waals surface area (Å²) >= 11 is 0. The number of nitrogens with zero attached hydrogens (tertiary/aromatic N) is 1. The van der Waals surface area contributed by atoms with Crippen molar-refractivity contribution in [3.05, 3.63) is 52.9 Å². The predicted molar refractivity (Wildman–Crippen MR) is 111 cm³/mol. The fourth-order valence-corrected chi connectivity index (χ4v) is 3.67. The van der Waals surface area contributed by atoms with Crippen molar-refractivity contribution in [3.63, 3.8) is 0 Å². The maximum absolute atomic E-state index is 12.7. The van der Waals surface area contributed by atoms with Crippen LogP contribution in [0.5, 0.6) is 11.5 Å². The summed E-state index contributed by atoms with van der Waals surface area (Å²) in [5.74, 6) is 1.23. The number of fused-ring (bicyclic) bond motifs is 1. The maximum Gasteiger partial charge on any atom is 0.344 e. The van der Waals surface area contributed by atoms with Crippen LogP contribution < -0.4 is 25.3 Å². The van der Waals surface area contributed by atoms with Gasteiger partial charge in [-0.15, -0.1) is 0 Å². The predicted octanol–water partition coefficient (Wildman–Crippen LogP) is 3.28. The van der Waals surface area contributed by atoms with E-state index in [1.54, 1.807) is 26.4 Å². The van der Waals surface area contributed by atoms with Crippen LogP contribution in [0.4, 0.5) is 5.69 Å². The van der Waals surface area contributed by atoms with Crippen LogP contribution in [-0.2, 0) is 0 Å². The molecule has 2 aromatic carbocycles. The molecule has 0 amide bonds. The lowest BCUT2D eigenvalue weighted by atomic mass is 10.0. The number of benzene rings is 2. The van der Waals surface area contributed by atoms with E-state index in [0.717, 1.165) is 30.7 Å². The molecule has 6 nitrogen and oxygen atoms in total. The van der Waals surface area contributed by atoms with Crippen LogP contribution in [0.25, 0.3) is 22.1 Å². The Morgan fingerprint density at radius 3 is 2.68 bits per heavy atom. The van der Waals surface area contributed by atoms with E-state index in [4.69, 9.17) is 13.9 Å². The first-order valence-electron chi connectivity index (χ1n) is 9.37. The first-order chi connectivity index (χ1) is 13.6. The average molecular weight is 380 g/mol. The van der Waals surface area contributed by atoms with Crippen molar-refractivity contribution in [3.8, 4) is 22.6 Å². The summed E-state index contributed by atoms with van der Waals surface area (Å²) < 4.78 is 16.4. The fourth-order valence-electron chi connectivity index (χ4n) is 3.67. The largest absolute Gasteiger partial charge is 0.497 e. The van der Waals surface area contributed by atoms with Crippen LogP contribution in [0.3, 0.4) is 0 Å². The number of hydrogen-bond acceptors (Lipinski definition) is 6. The number of ether oxygens (including phenoxy) is 2. The Bertz CT molecular complexity index is 1060. The highest BCUT2D eigenvalue weighted by Crippen LogP contribution is 2.33. The van der Waals surface area contributed by atoms with Crippen LogP contribution in [0, 0.1) is 0 Å². The molecule has 1 saturated heterocycles. The Kier molecular flexibility index (Phi) is 4.96. The molecular formula is C22H24N2O4. The Balaban J connectivity index is 1.75. The molecule has 4 rings (SSSR count). The molecule has 28 heavy (non-hydrogen) atoms. The second kappa shape index (κ2) is 7.56. The molecule has 0 spiro atoms. The van der Waals surface area contributed by atoms with Gasteiger partial charge in [-0.2, -0.15) is 0 Å². The van der Waals surface area contributed by atoms with Crippen molar-refractivity contribution in [1.82, 2.24) is 5.32 Å². The second-order valence-corrected chi connectivity index (χ2v) is 7.04. The summed E-state index contributed by atoms with van der Waals surface area (Å²) in [5.41, 5.74) is 2.42. The monoisotopic (exact) mass is 380 g/mol. The molecule has 1 unspecified atom stereocenters. The van der Waals surface area contributed by atoms with Crippen molar-refractivity contribution in [1.29, 1.82) is 0 Å². The Morgan fingerprint density at radius 2 is 1.93 bits per heavy atom. The normalized spacial score (nSPS) is 17.0. The van der Waals surface area contributed by atoms with Gasteiger partial charge in [0.1, 0.15) is 17.1 Å². The molecule has 1 fully saturated rings. The molecule has 0 bridgehead atoms. The van der Waals surface area contributed by atoms with Gasteiger partial charge in [-0.05, 0) is 37.3 Å². The quantitative estimate of drug-likeness (QED) is 0.701. The van der Waals surface area contributed by atoms with Crippen LogP contribution in [0.15, 0.2) is 51.7 Å². The van der Waals surface area contributed by atoms with Gasteiger partial charge in [0.2, 0.25) is 0 Å². The minimum absolute atomic E-state index is 0.387. The molecule has 1 atom stereocenters. The molecule has 1 aromatic heterocycles. The molecular weight excluding hydrogens is 356 g/mol. The molecule has 0 aliphatic carbocycles. The Hall–Kier alpha value is -2.99. The molecule has 1 N–H and O–H groups in total. The second-order valence-electron chi connectivity index (χ2n) is 7.04. The first-order valence-corrected chi connectivity index (χ1v) is 9.37. The molecule has 146 valence electrons. The third-order valence-corrected chi connectivity index (χ3v) is 5.15. The molecule has 0 radical (unpaired) electrons. The lowest BCUT2D eigenvalue weighted by Crippen LogP contribution is -2.49. The van der Waals surface area contributed by atoms with Gasteiger partial charge in [0.05, 0.1) is 19.8 Å². The van der Waals surface area contributed by atoms with Crippen LogP contribution in [0.1, 0.15) is 6.92 Å². The lowest BCUT2D eigenvalue weighted by molar-refractivity contribution is 0.395. The minimum atomic E-state index is -0.387. The van der Waals surface area contributed by atoms with Gasteiger partial charge in [0.15, 0.2) is 0 Å². The molecule has 0 saturated carbocycles. The summed E-state index contributed by atoms with van der Waals surface area (Å²) in [4.78, 5) is 15.0. The number of nitrogens with one attached hydrogen (secondary N) is 1. The van der Waals surface area contributed by atoms with Gasteiger partial charge in [-0.3, -0.25) is 0 Å². The fraction of sp³-hybridized carbons (Fsp3) is 0.318. The molecule has 1 aliphatic heterocycles. The Labute approximate surface area is 163 Å². The van der Waals surface area contributed by atoms with Gasteiger partial charge < -0.3 is 24.1 Å². The molecule has 3 aromatic rings. The van der Waals surface area contributed by atoms with E-state index in [1.165, 1.54) is 0 Å². The van der Waals surface area contributed by atoms with Crippen molar-refractivity contribution in [2.45, 2.75) is 13.0 Å². The number of methoxy groups -OCH3 is 2. The third kappa shape index (κ3) is 3.43. The van der Waals surface area contributed by atoms with E-state index < -0.39 is 0 Å². The van der Waals surface area contributed by atoms with Crippen molar-refractivity contribution in [2.24, 2.45) is 0 Å². The van der Waals surface area contributed by atoms with E-state index in [-0.39, 0.29) is 5.63 Å². The standard InChI is InChI=1S/C22H24N2O4/c1-14-13-24(9-8-23-14)16-5-4-15-10-19(22(25)28-20(15)11-16)18-7-6-17(26-2)12-21(18)27-3/h4-7,10-12,14,23H,8-9,13H2,1-3H3. The number of rotatable bonds is 4. The minimum Gasteiger partial charge on any atom is -0.497 e. The number of hydrogen-bond donors (Lipinski definition) is 1. The number of anilines is 1. The average Bonchev–Trinajstić information content (AvgIpc) is 2.72. The smallest absolute Gasteiger partial charge is 0.344 e. The lowest BCUT2D eigenvalue weighted by Gasteiger charge is -2.33. The zero-order valence-electron chi connectivity index (χ0n) is 16.3. The van der Waals surface area contributed by atoms with Gasteiger partial charge in [-0.1, -0.05) is 0 Å². The van der Waals surface area contributed by atoms with Crippen molar-refractivity contribution >= 4 is 16.7 Å². The highest BCUT2D eigenvalue weighted by Gasteiger charge is 2.18. The Morgan fingerprint density at radius 1 is 1.07 bits per heavy atom. The van der Waals surface area contributed by atoms with Crippen LogP contribution in [0.2, 0.25) is 0 Å². The summed E-state index contributed by atoms with van der Waals surface area (Å²) in [7, 11) is 3.16. The van der Waals surface area contributed by atoms with E-state index in [0.29, 0.717) is 34.3 Å². The SMILES string of the molecule is COc1ccc(-c2cc3ccc(N4CCNC(C)C4)cc3oc2=O)c(OC)c1. The van der Waals surface area contributed by atoms with Crippen molar-refractivity contribution in [2.75, 3.05) is 38.8 Å². The molecule has 6 heteroatoms. The summed E-state index contributed by atoms with van der Waals surface area (Å²) in [6.45, 7) is 4.97. The summed E-state index contributed by atoms with van der Waals surface area (Å²) in [6.07, 6.45) is 0. The van der Waals surface area contributed by atoms with Gasteiger partial charge >= 0.3 is 5.63 Å². The van der Waals surface area contributed by atoms with Gasteiger partial charge in [0.25, 0.3) is 0 Å². The molecule has 2 heterocycles. The highest BCUT2D eigenvalue weighted by molar-refractivity contribution is 5.85. The van der Waals surface area contributed by atoms with Crippen molar-refractivity contribution < 1.29 is 13.9 Å². The van der Waals surface area contributed by atoms with E-state index in [2.05, 4.69) is 23.2 Å².